The minimum Gasteiger partial charge on any atom is -0.474 e. The van der Waals surface area contributed by atoms with E-state index in [1.54, 1.807) is 16.8 Å². The number of pyridine rings is 1. The third kappa shape index (κ3) is 3.99. The summed E-state index contributed by atoms with van der Waals surface area (Å²) in [4.78, 5) is 16.3. The van der Waals surface area contributed by atoms with Crippen LogP contribution in [0.25, 0.3) is 22.2 Å². The third-order valence-corrected chi connectivity index (χ3v) is 5.52. The number of aromatic nitrogens is 3. The molecule has 0 N–H and O–H groups in total. The van der Waals surface area contributed by atoms with Gasteiger partial charge in [-0.2, -0.15) is 5.10 Å². The van der Waals surface area contributed by atoms with Crippen LogP contribution in [0.4, 0.5) is 8.78 Å². The van der Waals surface area contributed by atoms with Crippen molar-refractivity contribution >= 4 is 16.7 Å². The molecule has 0 radical (unpaired) electrons. The van der Waals surface area contributed by atoms with Gasteiger partial charge >= 0.3 is 0 Å². The standard InChI is InChI=1S/C22H23F2N3O2/c1-13(15-6-9-17(28)10-15)29-21-18-12-27(3)26-20(18)11-19(25-21)14-4-7-16(8-5-14)22(2,23)24/h4-5,7-8,11-13,15H,6,9-10H2,1-3H3/t13-,15+/m1/s1. The van der Waals surface area contributed by atoms with Gasteiger partial charge < -0.3 is 4.74 Å². The van der Waals surface area contributed by atoms with Gasteiger partial charge in [-0.15, -0.1) is 0 Å². The quantitative estimate of drug-likeness (QED) is 0.613. The second-order valence-corrected chi connectivity index (χ2v) is 7.88. The molecular weight excluding hydrogens is 376 g/mol. The molecule has 1 aliphatic carbocycles. The molecule has 1 saturated carbocycles. The zero-order valence-corrected chi connectivity index (χ0v) is 16.7. The van der Waals surface area contributed by atoms with Crippen molar-refractivity contribution in [2.45, 2.75) is 45.1 Å². The molecule has 1 aromatic carbocycles. The highest BCUT2D eigenvalue weighted by molar-refractivity contribution is 5.87. The minimum absolute atomic E-state index is 0.0452. The first-order chi connectivity index (χ1) is 13.7. The molecule has 0 aliphatic heterocycles. The lowest BCUT2D eigenvalue weighted by Gasteiger charge is -2.20. The number of ether oxygens (including phenoxy) is 1. The molecule has 7 heteroatoms. The summed E-state index contributed by atoms with van der Waals surface area (Å²) in [5, 5.41) is 5.24. The summed E-state index contributed by atoms with van der Waals surface area (Å²) in [5.74, 6) is -2.00. The van der Waals surface area contributed by atoms with Crippen molar-refractivity contribution in [3.63, 3.8) is 0 Å². The largest absolute Gasteiger partial charge is 0.474 e. The summed E-state index contributed by atoms with van der Waals surface area (Å²) < 4.78 is 34.9. The van der Waals surface area contributed by atoms with Crippen molar-refractivity contribution in [2.75, 3.05) is 0 Å². The molecule has 0 bridgehead atoms. The van der Waals surface area contributed by atoms with Crippen LogP contribution >= 0.6 is 0 Å². The zero-order valence-electron chi connectivity index (χ0n) is 16.7. The highest BCUT2D eigenvalue weighted by atomic mass is 19.3. The highest BCUT2D eigenvalue weighted by Crippen LogP contribution is 2.34. The molecule has 152 valence electrons. The predicted octanol–water partition coefficient (Wildman–Crippen LogP) is 4.88. The summed E-state index contributed by atoms with van der Waals surface area (Å²) in [5.41, 5.74) is 1.98. The molecule has 5 nitrogen and oxygen atoms in total. The first kappa shape index (κ1) is 19.5. The van der Waals surface area contributed by atoms with Crippen LogP contribution < -0.4 is 4.74 Å². The van der Waals surface area contributed by atoms with Crippen molar-refractivity contribution in [3.05, 3.63) is 42.1 Å². The van der Waals surface area contributed by atoms with E-state index in [4.69, 9.17) is 4.74 Å². The SMILES string of the molecule is C[C@@H](Oc1nc(-c2ccc(C(C)(F)F)cc2)cc2nn(C)cc12)[C@H]1CCC(=O)C1. The molecule has 2 atom stereocenters. The minimum atomic E-state index is -2.89. The summed E-state index contributed by atoms with van der Waals surface area (Å²) in [6, 6.07) is 7.91. The van der Waals surface area contributed by atoms with Crippen molar-refractivity contribution in [2.24, 2.45) is 13.0 Å². The molecule has 2 heterocycles. The summed E-state index contributed by atoms with van der Waals surface area (Å²) in [6.07, 6.45) is 3.64. The van der Waals surface area contributed by atoms with Crippen molar-refractivity contribution in [1.82, 2.24) is 14.8 Å². The molecule has 0 amide bonds. The summed E-state index contributed by atoms with van der Waals surface area (Å²) >= 11 is 0. The first-order valence-corrected chi connectivity index (χ1v) is 9.72. The number of nitrogens with zero attached hydrogens (tertiary/aromatic N) is 3. The van der Waals surface area contributed by atoms with Crippen molar-refractivity contribution < 1.29 is 18.3 Å². The first-order valence-electron chi connectivity index (χ1n) is 9.72. The van der Waals surface area contributed by atoms with E-state index in [2.05, 4.69) is 10.1 Å². The lowest BCUT2D eigenvalue weighted by molar-refractivity contribution is -0.117. The molecule has 3 aromatic rings. The summed E-state index contributed by atoms with van der Waals surface area (Å²) in [6.45, 7) is 2.83. The number of hydrogen-bond acceptors (Lipinski definition) is 4. The maximum absolute atomic E-state index is 13.5. The number of aryl methyl sites for hydroxylation is 1. The Balaban J connectivity index is 1.70. The van der Waals surface area contributed by atoms with Crippen LogP contribution in [0, 0.1) is 5.92 Å². The number of carbonyl (C=O) groups excluding carboxylic acids is 1. The number of hydrogen-bond donors (Lipinski definition) is 0. The number of fused-ring (bicyclic) bond motifs is 1. The smallest absolute Gasteiger partial charge is 0.270 e. The second-order valence-electron chi connectivity index (χ2n) is 7.88. The average Bonchev–Trinajstić information content (AvgIpc) is 3.26. The van der Waals surface area contributed by atoms with E-state index >= 15 is 0 Å². The average molecular weight is 399 g/mol. The van der Waals surface area contributed by atoms with E-state index < -0.39 is 5.92 Å². The Morgan fingerprint density at radius 1 is 1.28 bits per heavy atom. The van der Waals surface area contributed by atoms with Gasteiger partial charge in [-0.25, -0.2) is 13.8 Å². The fraction of sp³-hybridized carbons (Fsp3) is 0.409. The van der Waals surface area contributed by atoms with Gasteiger partial charge in [0, 0.05) is 50.1 Å². The Labute approximate surface area is 167 Å². The third-order valence-electron chi connectivity index (χ3n) is 5.52. The maximum Gasteiger partial charge on any atom is 0.270 e. The van der Waals surface area contributed by atoms with Crippen LogP contribution in [0.5, 0.6) is 5.88 Å². The molecule has 1 aliphatic rings. The Morgan fingerprint density at radius 3 is 2.62 bits per heavy atom. The number of benzene rings is 1. The molecule has 4 rings (SSSR count). The monoisotopic (exact) mass is 399 g/mol. The van der Waals surface area contributed by atoms with Crippen molar-refractivity contribution in [1.29, 1.82) is 0 Å². The van der Waals surface area contributed by atoms with E-state index in [0.29, 0.717) is 35.5 Å². The normalized spacial score (nSPS) is 18.4. The second kappa shape index (κ2) is 7.21. The van der Waals surface area contributed by atoms with Crippen LogP contribution in [0.1, 0.15) is 38.7 Å². The van der Waals surface area contributed by atoms with E-state index in [-0.39, 0.29) is 23.4 Å². The topological polar surface area (TPSA) is 57.0 Å². The van der Waals surface area contributed by atoms with E-state index in [1.807, 2.05) is 26.2 Å². The summed E-state index contributed by atoms with van der Waals surface area (Å²) in [7, 11) is 1.82. The van der Waals surface area contributed by atoms with E-state index in [0.717, 1.165) is 18.7 Å². The van der Waals surface area contributed by atoms with Gasteiger partial charge in [0.05, 0.1) is 16.6 Å². The number of halogens is 2. The van der Waals surface area contributed by atoms with Crippen LogP contribution in [0.3, 0.4) is 0 Å². The van der Waals surface area contributed by atoms with Gasteiger partial charge in [-0.05, 0) is 19.4 Å². The van der Waals surface area contributed by atoms with Crippen LogP contribution in [-0.4, -0.2) is 26.7 Å². The fourth-order valence-electron chi connectivity index (χ4n) is 3.80. The lowest BCUT2D eigenvalue weighted by Crippen LogP contribution is -2.22. The Hall–Kier alpha value is -2.83. The molecule has 0 unspecified atom stereocenters. The van der Waals surface area contributed by atoms with Gasteiger partial charge in [0.15, 0.2) is 0 Å². The Bertz CT molecular complexity index is 1050. The van der Waals surface area contributed by atoms with Crippen molar-refractivity contribution in [3.8, 4) is 17.1 Å². The van der Waals surface area contributed by atoms with Gasteiger partial charge in [-0.1, -0.05) is 24.3 Å². The molecular formula is C22H23F2N3O2. The van der Waals surface area contributed by atoms with Crippen LogP contribution in [0.2, 0.25) is 0 Å². The van der Waals surface area contributed by atoms with Gasteiger partial charge in [0.1, 0.15) is 11.9 Å². The van der Waals surface area contributed by atoms with Crippen LogP contribution in [-0.2, 0) is 17.8 Å². The molecule has 2 aromatic heterocycles. The molecule has 0 saturated heterocycles. The Kier molecular flexibility index (Phi) is 4.84. The highest BCUT2D eigenvalue weighted by Gasteiger charge is 2.29. The van der Waals surface area contributed by atoms with Crippen LogP contribution in [0.15, 0.2) is 36.5 Å². The number of alkyl halides is 2. The number of carbonyl (C=O) groups is 1. The number of rotatable bonds is 5. The van der Waals surface area contributed by atoms with E-state index in [1.165, 1.54) is 12.1 Å². The molecule has 0 spiro atoms. The van der Waals surface area contributed by atoms with Gasteiger partial charge in [0.2, 0.25) is 5.88 Å². The lowest BCUT2D eigenvalue weighted by atomic mass is 10.0. The molecule has 1 fully saturated rings. The number of Topliss-reactive ketones (excluding diaryl/α,β-unsaturated/α-hetero) is 1. The molecule has 29 heavy (non-hydrogen) atoms. The van der Waals surface area contributed by atoms with Gasteiger partial charge in [-0.3, -0.25) is 9.48 Å². The predicted molar refractivity (Wildman–Crippen MR) is 106 cm³/mol. The fourth-order valence-corrected chi connectivity index (χ4v) is 3.80. The van der Waals surface area contributed by atoms with Gasteiger partial charge in [0.25, 0.3) is 5.92 Å². The zero-order chi connectivity index (χ0) is 20.8. The van der Waals surface area contributed by atoms with E-state index in [9.17, 15) is 13.6 Å². The maximum atomic E-state index is 13.5. The number of ketones is 1. The Morgan fingerprint density at radius 2 is 2.00 bits per heavy atom.